The lowest BCUT2D eigenvalue weighted by atomic mass is 9.91. The summed E-state index contributed by atoms with van der Waals surface area (Å²) < 4.78 is 18.9. The third-order valence-electron chi connectivity index (χ3n) is 6.50. The predicted octanol–water partition coefficient (Wildman–Crippen LogP) is 4.74. The number of benzene rings is 1. The lowest BCUT2D eigenvalue weighted by molar-refractivity contribution is -0.115. The van der Waals surface area contributed by atoms with Gasteiger partial charge in [-0.05, 0) is 74.1 Å². The van der Waals surface area contributed by atoms with E-state index in [-0.39, 0.29) is 11.1 Å². The molecule has 2 fully saturated rings. The summed E-state index contributed by atoms with van der Waals surface area (Å²) in [5.41, 5.74) is 2.22. The molecule has 0 unspecified atom stereocenters. The smallest absolute Gasteiger partial charge is 0.290 e. The van der Waals surface area contributed by atoms with Crippen molar-refractivity contribution in [2.45, 2.75) is 32.1 Å². The molecule has 3 aromatic rings. The van der Waals surface area contributed by atoms with Gasteiger partial charge in [-0.15, -0.1) is 0 Å². The van der Waals surface area contributed by atoms with Gasteiger partial charge < -0.3 is 9.64 Å². The zero-order valence-electron chi connectivity index (χ0n) is 19.9. The average molecular weight is 508 g/mol. The molecule has 2 saturated heterocycles. The minimum absolute atomic E-state index is 0.263. The van der Waals surface area contributed by atoms with E-state index in [1.165, 1.54) is 19.2 Å². The maximum absolute atomic E-state index is 13.5. The number of pyridine rings is 1. The summed E-state index contributed by atoms with van der Waals surface area (Å²) in [5, 5.41) is 2.81. The predicted molar refractivity (Wildman–Crippen MR) is 137 cm³/mol. The van der Waals surface area contributed by atoms with E-state index < -0.39 is 5.91 Å². The molecule has 2 aromatic heterocycles. The molecular formula is C26H26FN5O3S. The Hall–Kier alpha value is -3.53. The van der Waals surface area contributed by atoms with Gasteiger partial charge in [0.25, 0.3) is 11.1 Å². The second-order valence-electron chi connectivity index (χ2n) is 8.95. The molecule has 186 valence electrons. The van der Waals surface area contributed by atoms with E-state index in [1.807, 2.05) is 12.1 Å². The fourth-order valence-corrected chi connectivity index (χ4v) is 5.24. The molecular weight excluding hydrogens is 481 g/mol. The van der Waals surface area contributed by atoms with Gasteiger partial charge in [-0.3, -0.25) is 19.9 Å². The number of carbonyl (C=O) groups excluding carboxylic acids is 2. The number of nitrogens with one attached hydrogen (secondary N) is 1. The fraction of sp³-hybridized carbons (Fsp3) is 0.346. The second-order valence-corrected chi connectivity index (χ2v) is 9.96. The first-order valence-corrected chi connectivity index (χ1v) is 12.8. The molecule has 10 heteroatoms. The highest BCUT2D eigenvalue weighted by Crippen LogP contribution is 2.29. The van der Waals surface area contributed by atoms with Crippen molar-refractivity contribution in [2.75, 3.05) is 25.1 Å². The summed E-state index contributed by atoms with van der Waals surface area (Å²) in [5.74, 6) is 0.890. The van der Waals surface area contributed by atoms with Crippen molar-refractivity contribution in [3.8, 4) is 5.88 Å². The lowest BCUT2D eigenvalue weighted by Gasteiger charge is -2.32. The van der Waals surface area contributed by atoms with Crippen molar-refractivity contribution in [3.05, 3.63) is 58.5 Å². The molecule has 4 heterocycles. The number of anilines is 1. The molecule has 36 heavy (non-hydrogen) atoms. The van der Waals surface area contributed by atoms with Crippen LogP contribution in [-0.2, 0) is 11.2 Å². The number of nitrogens with zero attached hydrogens (tertiary/aromatic N) is 4. The highest BCUT2D eigenvalue weighted by Gasteiger charge is 2.26. The van der Waals surface area contributed by atoms with Crippen LogP contribution in [0, 0.1) is 11.7 Å². The van der Waals surface area contributed by atoms with Crippen molar-refractivity contribution in [1.82, 2.24) is 20.3 Å². The maximum Gasteiger partial charge on any atom is 0.290 e. The van der Waals surface area contributed by atoms with Gasteiger partial charge >= 0.3 is 0 Å². The third kappa shape index (κ3) is 5.64. The van der Waals surface area contributed by atoms with Crippen LogP contribution in [0.1, 0.15) is 37.1 Å². The number of hydrogen-bond acceptors (Lipinski definition) is 8. The van der Waals surface area contributed by atoms with Crippen LogP contribution in [-0.4, -0.2) is 46.3 Å². The zero-order chi connectivity index (χ0) is 25.1. The Morgan fingerprint density at radius 2 is 1.94 bits per heavy atom. The van der Waals surface area contributed by atoms with Crippen molar-refractivity contribution in [1.29, 1.82) is 0 Å². The lowest BCUT2D eigenvalue weighted by Crippen LogP contribution is -2.35. The van der Waals surface area contributed by atoms with Crippen LogP contribution in [0.25, 0.3) is 17.0 Å². The van der Waals surface area contributed by atoms with Gasteiger partial charge in [-0.2, -0.15) is 4.98 Å². The number of rotatable bonds is 7. The first kappa shape index (κ1) is 24.2. The minimum Gasteiger partial charge on any atom is -0.481 e. The van der Waals surface area contributed by atoms with Gasteiger partial charge in [0.05, 0.1) is 23.2 Å². The number of carbonyl (C=O) groups is 2. The van der Waals surface area contributed by atoms with Gasteiger partial charge in [0, 0.05) is 36.3 Å². The van der Waals surface area contributed by atoms with Gasteiger partial charge in [0.1, 0.15) is 5.82 Å². The van der Waals surface area contributed by atoms with Gasteiger partial charge in [-0.25, -0.2) is 9.37 Å². The van der Waals surface area contributed by atoms with Crippen molar-refractivity contribution >= 4 is 45.8 Å². The first-order valence-electron chi connectivity index (χ1n) is 11.9. The number of ether oxygens (including phenoxy) is 1. The van der Waals surface area contributed by atoms with Gasteiger partial charge in [0.2, 0.25) is 11.8 Å². The average Bonchev–Trinajstić information content (AvgIpc) is 3.20. The molecule has 2 aliphatic heterocycles. The van der Waals surface area contributed by atoms with E-state index in [9.17, 15) is 14.0 Å². The number of thioether (sulfide) groups is 1. The summed E-state index contributed by atoms with van der Waals surface area (Å²) in [6.07, 6.45) is 6.65. The van der Waals surface area contributed by atoms with E-state index in [0.717, 1.165) is 68.0 Å². The van der Waals surface area contributed by atoms with E-state index in [0.29, 0.717) is 33.9 Å². The van der Waals surface area contributed by atoms with Crippen molar-refractivity contribution in [3.63, 3.8) is 0 Å². The topological polar surface area (TPSA) is 97.3 Å². The molecule has 0 spiro atoms. The normalized spacial score (nSPS) is 17.7. The Morgan fingerprint density at radius 3 is 2.69 bits per heavy atom. The molecule has 1 aromatic carbocycles. The molecule has 8 nitrogen and oxygen atoms in total. The maximum atomic E-state index is 13.5. The summed E-state index contributed by atoms with van der Waals surface area (Å²) in [6.45, 7) is 1.66. The number of aryl methyl sites for hydroxylation is 1. The summed E-state index contributed by atoms with van der Waals surface area (Å²) in [6, 6.07) is 10.4. The Kier molecular flexibility index (Phi) is 7.13. The molecule has 2 aliphatic rings. The molecule has 0 aliphatic carbocycles. The SMILES string of the molecule is COc1cc(/C=C2\SC(=O)NC2=O)nc(N2CCC(CCCc3ccc4ccc(F)cc4n3)CC2)n1. The summed E-state index contributed by atoms with van der Waals surface area (Å²) >= 11 is 0.856. The number of imide groups is 1. The number of halogens is 1. The van der Waals surface area contributed by atoms with Crippen LogP contribution in [0.3, 0.4) is 0 Å². The van der Waals surface area contributed by atoms with Crippen molar-refractivity contribution in [2.24, 2.45) is 5.92 Å². The third-order valence-corrected chi connectivity index (χ3v) is 7.31. The number of methoxy groups -OCH3 is 1. The minimum atomic E-state index is -0.420. The van der Waals surface area contributed by atoms with Crippen LogP contribution < -0.4 is 15.0 Å². The number of piperidine rings is 1. The molecule has 1 N–H and O–H groups in total. The fourth-order valence-electron chi connectivity index (χ4n) is 4.57. The quantitative estimate of drug-likeness (QED) is 0.458. The molecule has 2 amide bonds. The van der Waals surface area contributed by atoms with E-state index >= 15 is 0 Å². The van der Waals surface area contributed by atoms with Crippen LogP contribution in [0.15, 0.2) is 41.3 Å². The molecule has 0 atom stereocenters. The Balaban J connectivity index is 1.17. The Labute approximate surface area is 212 Å². The largest absolute Gasteiger partial charge is 0.481 e. The molecule has 0 radical (unpaired) electrons. The van der Waals surface area contributed by atoms with Gasteiger partial charge in [0.15, 0.2) is 0 Å². The number of amides is 2. The van der Waals surface area contributed by atoms with E-state index in [2.05, 4.69) is 25.2 Å². The first-order chi connectivity index (χ1) is 17.5. The zero-order valence-corrected chi connectivity index (χ0v) is 20.7. The van der Waals surface area contributed by atoms with Crippen LogP contribution in [0.5, 0.6) is 5.88 Å². The summed E-state index contributed by atoms with van der Waals surface area (Å²) in [7, 11) is 1.54. The van der Waals surface area contributed by atoms with E-state index in [1.54, 1.807) is 18.2 Å². The van der Waals surface area contributed by atoms with Gasteiger partial charge in [-0.1, -0.05) is 6.07 Å². The number of hydrogen-bond donors (Lipinski definition) is 1. The number of fused-ring (bicyclic) bond motifs is 1. The molecule has 0 saturated carbocycles. The highest BCUT2D eigenvalue weighted by atomic mass is 32.2. The van der Waals surface area contributed by atoms with Crippen LogP contribution in [0.4, 0.5) is 15.1 Å². The Morgan fingerprint density at radius 1 is 1.14 bits per heavy atom. The summed E-state index contributed by atoms with van der Waals surface area (Å²) in [4.78, 5) is 39.5. The molecule has 5 rings (SSSR count). The molecule has 0 bridgehead atoms. The van der Waals surface area contributed by atoms with Crippen LogP contribution in [0.2, 0.25) is 0 Å². The monoisotopic (exact) mass is 507 g/mol. The Bertz CT molecular complexity index is 1340. The number of aromatic nitrogens is 3. The van der Waals surface area contributed by atoms with Crippen LogP contribution >= 0.6 is 11.8 Å². The highest BCUT2D eigenvalue weighted by molar-refractivity contribution is 8.18. The standard InChI is InChI=1S/C26H26FN5O3S/c1-35-23-15-20(14-22-24(33)31-26(34)36-22)29-25(30-23)32-11-9-16(10-12-32)3-2-4-19-8-6-17-5-7-18(27)13-21(17)28-19/h5-8,13-16H,2-4,9-12H2,1H3,(H,31,33,34)/b22-14-. The van der Waals surface area contributed by atoms with E-state index in [4.69, 9.17) is 4.74 Å². The second kappa shape index (κ2) is 10.6. The van der Waals surface area contributed by atoms with Crippen molar-refractivity contribution < 1.29 is 18.7 Å².